The minimum atomic E-state index is -0.190. The van der Waals surface area contributed by atoms with E-state index < -0.39 is 0 Å². The van der Waals surface area contributed by atoms with Crippen LogP contribution in [-0.2, 0) is 16.2 Å². The van der Waals surface area contributed by atoms with Crippen molar-refractivity contribution < 1.29 is 4.42 Å². The van der Waals surface area contributed by atoms with E-state index in [0.717, 1.165) is 56.1 Å². The molecule has 3 aliphatic rings. The first-order valence-corrected chi connectivity index (χ1v) is 23.3. The highest BCUT2D eigenvalue weighted by Crippen LogP contribution is 2.56. The van der Waals surface area contributed by atoms with Gasteiger partial charge in [-0.2, -0.15) is 0 Å². The summed E-state index contributed by atoms with van der Waals surface area (Å²) < 4.78 is 6.84. The van der Waals surface area contributed by atoms with Crippen molar-refractivity contribution in [1.29, 1.82) is 0 Å². The van der Waals surface area contributed by atoms with Crippen molar-refractivity contribution in [3.63, 3.8) is 0 Å². The van der Waals surface area contributed by atoms with Crippen LogP contribution in [-0.4, -0.2) is 0 Å². The van der Waals surface area contributed by atoms with E-state index in [1.807, 2.05) is 0 Å². The third-order valence-corrected chi connectivity index (χ3v) is 15.4. The number of hydrogen-bond donors (Lipinski definition) is 0. The molecule has 13 rings (SSSR count). The third-order valence-electron chi connectivity index (χ3n) is 15.4. The van der Waals surface area contributed by atoms with Crippen LogP contribution < -0.4 is 9.80 Å². The van der Waals surface area contributed by atoms with Crippen LogP contribution >= 0.6 is 0 Å². The summed E-state index contributed by atoms with van der Waals surface area (Å²) in [5, 5.41) is 2.17. The van der Waals surface area contributed by atoms with Gasteiger partial charge in [-0.1, -0.05) is 169 Å². The molecule has 0 fully saturated rings. The molecule has 0 saturated heterocycles. The number of benzene rings is 9. The second kappa shape index (κ2) is 13.7. The minimum absolute atomic E-state index is 0.111. The first kappa shape index (κ1) is 38.8. The molecule has 3 aliphatic carbocycles. The van der Waals surface area contributed by atoms with Gasteiger partial charge in [0.15, 0.2) is 0 Å². The van der Waals surface area contributed by atoms with Crippen LogP contribution in [0.1, 0.15) is 74.9 Å². The molecule has 0 N–H and O–H groups in total. The van der Waals surface area contributed by atoms with Crippen molar-refractivity contribution in [2.45, 2.75) is 57.8 Å². The summed E-state index contributed by atoms with van der Waals surface area (Å²) in [6.45, 7) is 14.2. The summed E-state index contributed by atoms with van der Waals surface area (Å²) in [4.78, 5) is 4.97. The van der Waals surface area contributed by atoms with Gasteiger partial charge in [0.25, 0.3) is 0 Å². The smallest absolute Gasteiger partial charge is 0.137 e. The van der Waals surface area contributed by atoms with Gasteiger partial charge in [0.1, 0.15) is 11.2 Å². The number of hydrogen-bond acceptors (Lipinski definition) is 3. The van der Waals surface area contributed by atoms with Crippen molar-refractivity contribution in [3.8, 4) is 33.4 Å². The monoisotopic (exact) mass is 850 g/mol. The van der Waals surface area contributed by atoms with E-state index in [0.29, 0.717) is 0 Å². The molecule has 0 aliphatic heterocycles. The molecule has 318 valence electrons. The number of rotatable bonds is 6. The summed E-state index contributed by atoms with van der Waals surface area (Å²) in [5.74, 6) is 0. The highest BCUT2D eigenvalue weighted by molar-refractivity contribution is 6.10. The Labute approximate surface area is 387 Å². The maximum Gasteiger partial charge on any atom is 0.137 e. The highest BCUT2D eigenvalue weighted by atomic mass is 16.3. The number of furan rings is 1. The van der Waals surface area contributed by atoms with E-state index in [1.54, 1.807) is 0 Å². The van der Waals surface area contributed by atoms with Crippen molar-refractivity contribution in [1.82, 2.24) is 0 Å². The summed E-state index contributed by atoms with van der Waals surface area (Å²) >= 11 is 0. The van der Waals surface area contributed by atoms with E-state index in [1.165, 1.54) is 66.8 Å². The normalized spacial score (nSPS) is 15.2. The van der Waals surface area contributed by atoms with E-state index >= 15 is 0 Å². The van der Waals surface area contributed by atoms with Crippen molar-refractivity contribution in [3.05, 3.63) is 228 Å². The second-order valence-corrected chi connectivity index (χ2v) is 20.1. The zero-order valence-electron chi connectivity index (χ0n) is 38.3. The van der Waals surface area contributed by atoms with Crippen LogP contribution in [0.2, 0.25) is 0 Å². The first-order chi connectivity index (χ1) is 32.0. The van der Waals surface area contributed by atoms with Gasteiger partial charge in [0.05, 0.1) is 11.4 Å². The molecule has 66 heavy (non-hydrogen) atoms. The molecule has 10 aromatic rings. The lowest BCUT2D eigenvalue weighted by Crippen LogP contribution is -2.19. The number of anilines is 6. The van der Waals surface area contributed by atoms with E-state index in [-0.39, 0.29) is 16.2 Å². The molecular weight excluding hydrogens is 801 g/mol. The molecule has 3 heteroatoms. The topological polar surface area (TPSA) is 19.6 Å². The molecule has 0 amide bonds. The fourth-order valence-electron chi connectivity index (χ4n) is 12.1. The number of nitrogens with zero attached hydrogens (tertiary/aromatic N) is 2. The molecule has 0 atom stereocenters. The van der Waals surface area contributed by atoms with Crippen LogP contribution in [0, 0.1) is 0 Å². The third kappa shape index (κ3) is 5.37. The van der Waals surface area contributed by atoms with Gasteiger partial charge in [-0.3, -0.25) is 0 Å². The Morgan fingerprint density at radius 3 is 1.32 bits per heavy atom. The summed E-state index contributed by atoms with van der Waals surface area (Å²) in [5.41, 5.74) is 23.6. The van der Waals surface area contributed by atoms with Gasteiger partial charge >= 0.3 is 0 Å². The molecule has 9 aromatic carbocycles. The Morgan fingerprint density at radius 1 is 0.288 bits per heavy atom. The average molecular weight is 851 g/mol. The zero-order valence-corrected chi connectivity index (χ0v) is 38.3. The molecule has 0 unspecified atom stereocenters. The lowest BCUT2D eigenvalue weighted by atomic mass is 9.82. The molecule has 0 bridgehead atoms. The van der Waals surface area contributed by atoms with Crippen LogP contribution in [0.4, 0.5) is 34.1 Å². The maximum absolute atomic E-state index is 6.84. The summed E-state index contributed by atoms with van der Waals surface area (Å²) in [6, 6.07) is 72.2. The molecule has 0 radical (unpaired) electrons. The Balaban J connectivity index is 1.12. The van der Waals surface area contributed by atoms with E-state index in [9.17, 15) is 0 Å². The van der Waals surface area contributed by atoms with E-state index in [2.05, 4.69) is 245 Å². The predicted octanol–water partition coefficient (Wildman–Crippen LogP) is 17.4. The van der Waals surface area contributed by atoms with Gasteiger partial charge in [-0.05, 0) is 127 Å². The maximum atomic E-state index is 6.84. The van der Waals surface area contributed by atoms with Gasteiger partial charge in [0.2, 0.25) is 0 Å². The van der Waals surface area contributed by atoms with Crippen LogP contribution in [0.25, 0.3) is 55.3 Å². The molecule has 1 aromatic heterocycles. The Bertz CT molecular complexity index is 3640. The molecule has 1 heterocycles. The number of para-hydroxylation sites is 2. The molecule has 0 spiro atoms. The van der Waals surface area contributed by atoms with Crippen LogP contribution in [0.3, 0.4) is 0 Å². The van der Waals surface area contributed by atoms with E-state index in [4.69, 9.17) is 4.42 Å². The van der Waals surface area contributed by atoms with Crippen molar-refractivity contribution in [2.24, 2.45) is 0 Å². The van der Waals surface area contributed by atoms with Crippen molar-refractivity contribution >= 4 is 56.1 Å². The van der Waals surface area contributed by atoms with Gasteiger partial charge < -0.3 is 14.2 Å². The first-order valence-electron chi connectivity index (χ1n) is 23.3. The predicted molar refractivity (Wildman–Crippen MR) is 276 cm³/mol. The Hall–Kier alpha value is -7.62. The second-order valence-electron chi connectivity index (χ2n) is 20.1. The van der Waals surface area contributed by atoms with Gasteiger partial charge in [-0.15, -0.1) is 0 Å². The van der Waals surface area contributed by atoms with Gasteiger partial charge in [-0.25, -0.2) is 0 Å². The lowest BCUT2D eigenvalue weighted by Gasteiger charge is -2.34. The largest absolute Gasteiger partial charge is 0.456 e. The summed E-state index contributed by atoms with van der Waals surface area (Å²) in [6.07, 6.45) is 0. The highest BCUT2D eigenvalue weighted by Gasteiger charge is 2.39. The van der Waals surface area contributed by atoms with Crippen LogP contribution in [0.15, 0.2) is 199 Å². The summed E-state index contributed by atoms with van der Waals surface area (Å²) in [7, 11) is 0. The quantitative estimate of drug-likeness (QED) is 0.166. The number of fused-ring (bicyclic) bond motifs is 12. The van der Waals surface area contributed by atoms with Crippen molar-refractivity contribution in [2.75, 3.05) is 9.80 Å². The van der Waals surface area contributed by atoms with Gasteiger partial charge in [0, 0.05) is 55.8 Å². The lowest BCUT2D eigenvalue weighted by molar-refractivity contribution is 0.660. The fourth-order valence-corrected chi connectivity index (χ4v) is 12.1. The minimum Gasteiger partial charge on any atom is -0.456 e. The van der Waals surface area contributed by atoms with Crippen LogP contribution in [0.5, 0.6) is 0 Å². The standard InChI is InChI=1S/C63H50N2O/c1-61(2)52-25-15-11-21-44(52)48-34-40(29-32-54(48)61)64(39-18-8-7-9-19-39)57-37-50-47-23-13-17-27-59(47)66-60(50)38-58(57)65(41-30-33-55-49(35-41)45-22-12-16-26-53(45)62(55,3)4)42-28-31-46-43-20-10-14-24-51(43)63(5,6)56(46)36-42/h7-38H,1-6H3. The molecule has 3 nitrogen and oxygen atoms in total. The Morgan fingerprint density at radius 2 is 0.712 bits per heavy atom. The zero-order chi connectivity index (χ0) is 44.7. The molecule has 0 saturated carbocycles. The average Bonchev–Trinajstić information content (AvgIpc) is 3.97. The fraction of sp³-hybridized carbons (Fsp3) is 0.143. The SMILES string of the molecule is CC1(C)c2ccccc2-c2cc(N(c3ccc4c(c3)C(C)(C)c3ccccc3-4)c3cc4oc5ccccc5c4cc3N(c3ccccc3)c3ccc4c(c3)-c3ccccc3C4(C)C)ccc21. The Kier molecular flexibility index (Phi) is 8.06. The molecular formula is C63H50N2O.